The molecule has 0 fully saturated rings. The van der Waals surface area contributed by atoms with E-state index in [1.54, 1.807) is 17.4 Å². The topological polar surface area (TPSA) is 0 Å². The number of thiophene rings is 1. The highest BCUT2D eigenvalue weighted by atomic mass is 127. The van der Waals surface area contributed by atoms with Crippen LogP contribution >= 0.6 is 33.9 Å². The number of rotatable bonds is 5. The van der Waals surface area contributed by atoms with Crippen LogP contribution in [-0.4, -0.2) is 0 Å². The quantitative estimate of drug-likeness (QED) is 0.524. The first-order valence-corrected chi connectivity index (χ1v) is 6.51. The molecule has 0 radical (unpaired) electrons. The van der Waals surface area contributed by atoms with Crippen molar-refractivity contribution in [2.45, 2.75) is 6.42 Å². The third kappa shape index (κ3) is 4.62. The van der Waals surface area contributed by atoms with E-state index in [4.69, 9.17) is 0 Å². The molecule has 2 heteroatoms. The maximum atomic E-state index is 4.07. The van der Waals surface area contributed by atoms with E-state index < -0.39 is 0 Å². The maximum Gasteiger partial charge on any atom is 0.0659 e. The van der Waals surface area contributed by atoms with E-state index in [-0.39, 0.29) is 0 Å². The Morgan fingerprint density at radius 1 is 1.33 bits per heavy atom. The van der Waals surface area contributed by atoms with Gasteiger partial charge in [-0.3, -0.25) is 0 Å². The minimum Gasteiger partial charge on any atom is -0.130 e. The monoisotopic (exact) mass is 328 g/mol. The van der Waals surface area contributed by atoms with Crippen molar-refractivity contribution in [3.63, 3.8) is 0 Å². The molecule has 0 N–H and O–H groups in total. The van der Waals surface area contributed by atoms with Crippen LogP contribution in [-0.2, 0) is 0 Å². The molecule has 0 aromatic carbocycles. The van der Waals surface area contributed by atoms with Crippen molar-refractivity contribution in [3.8, 4) is 0 Å². The summed E-state index contributed by atoms with van der Waals surface area (Å²) in [6.07, 6.45) is 10.7. The van der Waals surface area contributed by atoms with Gasteiger partial charge in [0.1, 0.15) is 0 Å². The van der Waals surface area contributed by atoms with Gasteiger partial charge in [-0.1, -0.05) is 43.5 Å². The van der Waals surface area contributed by atoms with Crippen LogP contribution in [0.1, 0.15) is 11.3 Å². The van der Waals surface area contributed by atoms with Crippen molar-refractivity contribution in [1.82, 2.24) is 0 Å². The van der Waals surface area contributed by atoms with E-state index in [2.05, 4.69) is 54.0 Å². The molecule has 0 unspecified atom stereocenters. The van der Waals surface area contributed by atoms with Gasteiger partial charge in [-0.15, -0.1) is 11.3 Å². The van der Waals surface area contributed by atoms with Gasteiger partial charge < -0.3 is 0 Å². The molecule has 0 aliphatic heterocycles. The van der Waals surface area contributed by atoms with E-state index >= 15 is 0 Å². The van der Waals surface area contributed by atoms with Gasteiger partial charge in [0.2, 0.25) is 0 Å². The van der Waals surface area contributed by atoms with Gasteiger partial charge in [0, 0.05) is 4.88 Å². The van der Waals surface area contributed by atoms with Crippen molar-refractivity contribution < 1.29 is 0 Å². The molecular weight excluding hydrogens is 315 g/mol. The summed E-state index contributed by atoms with van der Waals surface area (Å²) < 4.78 is 1.30. The zero-order valence-electron chi connectivity index (χ0n) is 8.45. The molecule has 0 saturated carbocycles. The molecule has 0 atom stereocenters. The molecule has 0 aliphatic rings. The summed E-state index contributed by atoms with van der Waals surface area (Å²) in [7, 11) is 0. The average Bonchev–Trinajstić information content (AvgIpc) is 2.64. The van der Waals surface area contributed by atoms with Gasteiger partial charge in [0.15, 0.2) is 0 Å². The second-order valence-corrected chi connectivity index (χ2v) is 5.94. The van der Waals surface area contributed by atoms with Crippen LogP contribution in [0.5, 0.6) is 0 Å². The minimum atomic E-state index is 0.901. The van der Waals surface area contributed by atoms with Crippen LogP contribution in [0.3, 0.4) is 0 Å². The Morgan fingerprint density at radius 2 is 2.13 bits per heavy atom. The summed E-state index contributed by atoms with van der Waals surface area (Å²) in [4.78, 5) is 1.27. The summed E-state index contributed by atoms with van der Waals surface area (Å²) in [5, 5.41) is 0. The molecule has 15 heavy (non-hydrogen) atoms. The van der Waals surface area contributed by atoms with E-state index in [0.717, 1.165) is 6.42 Å². The minimum absolute atomic E-state index is 0.901. The van der Waals surface area contributed by atoms with Crippen molar-refractivity contribution in [2.24, 2.45) is 0 Å². The Hall–Kier alpha value is -0.610. The molecule has 1 aromatic rings. The lowest BCUT2D eigenvalue weighted by molar-refractivity contribution is 1.43. The SMILES string of the molecule is C=C/C=C\C=C/CC(=C)c1ccc(I)s1. The zero-order valence-corrected chi connectivity index (χ0v) is 11.4. The molecule has 1 aromatic heterocycles. The molecule has 1 rings (SSSR count). The predicted octanol–water partition coefficient (Wildman–Crippen LogP) is 5.05. The number of hydrogen-bond donors (Lipinski definition) is 0. The third-order valence-electron chi connectivity index (χ3n) is 1.78. The Bertz CT molecular complexity index is 396. The number of hydrogen-bond acceptors (Lipinski definition) is 1. The van der Waals surface area contributed by atoms with Crippen LogP contribution in [0.15, 0.2) is 55.7 Å². The Kier molecular flexibility index (Phi) is 5.65. The van der Waals surface area contributed by atoms with Gasteiger partial charge in [-0.25, -0.2) is 0 Å². The molecule has 78 valence electrons. The third-order valence-corrected chi connectivity index (χ3v) is 3.78. The summed E-state index contributed by atoms with van der Waals surface area (Å²) in [5.41, 5.74) is 1.17. The van der Waals surface area contributed by atoms with Crippen LogP contribution in [0.25, 0.3) is 5.57 Å². The fourth-order valence-corrected chi connectivity index (χ4v) is 2.64. The lowest BCUT2D eigenvalue weighted by Crippen LogP contribution is -1.73. The summed E-state index contributed by atoms with van der Waals surface area (Å²) >= 11 is 4.11. The van der Waals surface area contributed by atoms with Crippen LogP contribution in [0, 0.1) is 2.88 Å². The van der Waals surface area contributed by atoms with Gasteiger partial charge >= 0.3 is 0 Å². The van der Waals surface area contributed by atoms with Crippen LogP contribution in [0.4, 0.5) is 0 Å². The van der Waals surface area contributed by atoms with Gasteiger partial charge in [-0.05, 0) is 46.7 Å². The van der Waals surface area contributed by atoms with E-state index in [9.17, 15) is 0 Å². The second-order valence-electron chi connectivity index (χ2n) is 2.96. The smallest absolute Gasteiger partial charge is 0.0659 e. The van der Waals surface area contributed by atoms with E-state index in [1.807, 2.05) is 18.2 Å². The lowest BCUT2D eigenvalue weighted by atomic mass is 10.2. The van der Waals surface area contributed by atoms with E-state index in [1.165, 1.54) is 13.3 Å². The molecule has 0 amide bonds. The highest BCUT2D eigenvalue weighted by Crippen LogP contribution is 2.26. The maximum absolute atomic E-state index is 4.07. The molecular formula is C13H13IS. The standard InChI is InChI=1S/C13H13IS/c1-3-4-5-6-7-8-11(2)12-9-10-13(14)15-12/h3-7,9-10H,1-2,8H2/b5-4-,7-6-. The number of halogens is 1. The summed E-state index contributed by atoms with van der Waals surface area (Å²) in [6, 6.07) is 4.25. The van der Waals surface area contributed by atoms with Crippen molar-refractivity contribution in [3.05, 3.63) is 63.4 Å². The summed E-state index contributed by atoms with van der Waals surface area (Å²) in [6.45, 7) is 7.67. The molecule has 0 saturated heterocycles. The fraction of sp³-hybridized carbons (Fsp3) is 0.0769. The first-order chi connectivity index (χ1) is 7.24. The zero-order chi connectivity index (χ0) is 11.1. The lowest BCUT2D eigenvalue weighted by Gasteiger charge is -1.96. The highest BCUT2D eigenvalue weighted by Gasteiger charge is 1.99. The molecule has 0 aliphatic carbocycles. The first-order valence-electron chi connectivity index (χ1n) is 4.61. The highest BCUT2D eigenvalue weighted by molar-refractivity contribution is 14.1. The molecule has 0 bridgehead atoms. The van der Waals surface area contributed by atoms with Crippen LogP contribution in [0.2, 0.25) is 0 Å². The van der Waals surface area contributed by atoms with Crippen molar-refractivity contribution >= 4 is 39.5 Å². The van der Waals surface area contributed by atoms with Gasteiger partial charge in [0.25, 0.3) is 0 Å². The normalized spacial score (nSPS) is 11.3. The van der Waals surface area contributed by atoms with Crippen molar-refractivity contribution in [2.75, 3.05) is 0 Å². The Labute approximate surface area is 109 Å². The Morgan fingerprint density at radius 3 is 2.73 bits per heavy atom. The van der Waals surface area contributed by atoms with Crippen LogP contribution < -0.4 is 0 Å². The van der Waals surface area contributed by atoms with Gasteiger partial charge in [0.05, 0.1) is 2.88 Å². The summed E-state index contributed by atoms with van der Waals surface area (Å²) in [5.74, 6) is 0. The van der Waals surface area contributed by atoms with Gasteiger partial charge in [-0.2, -0.15) is 0 Å². The average molecular weight is 328 g/mol. The Balaban J connectivity index is 2.46. The molecule has 0 spiro atoms. The predicted molar refractivity (Wildman–Crippen MR) is 79.2 cm³/mol. The first kappa shape index (κ1) is 12.5. The van der Waals surface area contributed by atoms with E-state index in [0.29, 0.717) is 0 Å². The number of allylic oxidation sites excluding steroid dienone is 6. The van der Waals surface area contributed by atoms with Crippen molar-refractivity contribution in [1.29, 1.82) is 0 Å². The molecule has 1 heterocycles. The second kappa shape index (κ2) is 6.80. The largest absolute Gasteiger partial charge is 0.130 e. The molecule has 0 nitrogen and oxygen atoms in total. The fourth-order valence-electron chi connectivity index (χ4n) is 1.04.